The Morgan fingerprint density at radius 3 is 2.67 bits per heavy atom. The first kappa shape index (κ1) is 17.8. The molecular formula is C21H27N5O. The van der Waals surface area contributed by atoms with Gasteiger partial charge in [0.25, 0.3) is 5.91 Å². The van der Waals surface area contributed by atoms with E-state index in [2.05, 4.69) is 33.6 Å². The summed E-state index contributed by atoms with van der Waals surface area (Å²) in [7, 11) is 0. The highest BCUT2D eigenvalue weighted by Gasteiger charge is 2.46. The summed E-state index contributed by atoms with van der Waals surface area (Å²) < 4.78 is 0. The third-order valence-corrected chi connectivity index (χ3v) is 6.13. The maximum Gasteiger partial charge on any atom is 0.252 e. The maximum absolute atomic E-state index is 12.8. The zero-order chi connectivity index (χ0) is 19.2. The second-order valence-electron chi connectivity index (χ2n) is 7.78. The van der Waals surface area contributed by atoms with Crippen LogP contribution in [0.1, 0.15) is 71.6 Å². The lowest BCUT2D eigenvalue weighted by Gasteiger charge is -2.36. The van der Waals surface area contributed by atoms with Crippen molar-refractivity contribution in [3.05, 3.63) is 40.2 Å². The van der Waals surface area contributed by atoms with Crippen LogP contribution in [-0.2, 0) is 12.0 Å². The van der Waals surface area contributed by atoms with Crippen molar-refractivity contribution in [1.82, 2.24) is 15.3 Å². The second kappa shape index (κ2) is 6.51. The fraction of sp³-hybridized carbons (Fsp3) is 0.476. The first-order valence-electron chi connectivity index (χ1n) is 9.80. The third kappa shape index (κ3) is 2.74. The lowest BCUT2D eigenvalue weighted by molar-refractivity contribution is 0.0909. The summed E-state index contributed by atoms with van der Waals surface area (Å²) in [5, 5.41) is 6.82. The van der Waals surface area contributed by atoms with Gasteiger partial charge < -0.3 is 16.4 Å². The van der Waals surface area contributed by atoms with Gasteiger partial charge in [0.2, 0.25) is 0 Å². The molecule has 6 nitrogen and oxygen atoms in total. The lowest BCUT2D eigenvalue weighted by Crippen LogP contribution is -2.41. The molecular weight excluding hydrogens is 338 g/mol. The lowest BCUT2D eigenvalue weighted by atomic mass is 9.74. The molecule has 27 heavy (non-hydrogen) atoms. The van der Waals surface area contributed by atoms with Crippen molar-refractivity contribution in [2.45, 2.75) is 64.8 Å². The molecule has 4 rings (SSSR count). The number of benzene rings is 1. The minimum atomic E-state index is -0.210. The largest absolute Gasteiger partial charge is 0.383 e. The number of anilines is 3. The number of nitrogen functional groups attached to an aromatic ring is 1. The van der Waals surface area contributed by atoms with Crippen LogP contribution < -0.4 is 16.4 Å². The summed E-state index contributed by atoms with van der Waals surface area (Å²) in [5.41, 5.74) is 11.9. The first-order chi connectivity index (χ1) is 13.0. The number of aromatic nitrogens is 2. The predicted molar refractivity (Wildman–Crippen MR) is 107 cm³/mol. The summed E-state index contributed by atoms with van der Waals surface area (Å²) >= 11 is 0. The van der Waals surface area contributed by atoms with Gasteiger partial charge in [0.05, 0.1) is 5.54 Å². The average Bonchev–Trinajstić information content (AvgIpc) is 2.92. The zero-order valence-electron chi connectivity index (χ0n) is 16.3. The van der Waals surface area contributed by atoms with Gasteiger partial charge >= 0.3 is 0 Å². The van der Waals surface area contributed by atoms with E-state index in [1.807, 2.05) is 13.8 Å². The Labute approximate surface area is 160 Å². The molecule has 1 saturated carbocycles. The number of hydrogen-bond acceptors (Lipinski definition) is 5. The molecule has 1 aliphatic heterocycles. The van der Waals surface area contributed by atoms with E-state index >= 15 is 0 Å². The van der Waals surface area contributed by atoms with Crippen LogP contribution in [0.2, 0.25) is 0 Å². The van der Waals surface area contributed by atoms with Gasteiger partial charge in [-0.15, -0.1) is 0 Å². The van der Waals surface area contributed by atoms with E-state index in [9.17, 15) is 4.79 Å². The monoisotopic (exact) mass is 365 g/mol. The Morgan fingerprint density at radius 1 is 1.22 bits per heavy atom. The normalized spacial score (nSPS) is 17.7. The van der Waals surface area contributed by atoms with E-state index in [0.29, 0.717) is 11.6 Å². The van der Waals surface area contributed by atoms with Gasteiger partial charge in [-0.25, -0.2) is 9.97 Å². The number of nitrogens with one attached hydrogen (secondary N) is 2. The van der Waals surface area contributed by atoms with E-state index in [-0.39, 0.29) is 11.4 Å². The molecule has 1 fully saturated rings. The average molecular weight is 365 g/mol. The molecule has 142 valence electrons. The summed E-state index contributed by atoms with van der Waals surface area (Å²) in [5.74, 6) is 1.27. The van der Waals surface area contributed by atoms with Crippen molar-refractivity contribution in [3.63, 3.8) is 0 Å². The number of aryl methyl sites for hydroxylation is 1. The van der Waals surface area contributed by atoms with Crippen molar-refractivity contribution in [2.24, 2.45) is 0 Å². The molecule has 1 amide bonds. The molecule has 6 heteroatoms. The van der Waals surface area contributed by atoms with Crippen molar-refractivity contribution in [2.75, 3.05) is 11.1 Å². The number of fused-ring (bicyclic) bond motifs is 2. The van der Waals surface area contributed by atoms with Crippen LogP contribution in [-0.4, -0.2) is 15.9 Å². The van der Waals surface area contributed by atoms with Gasteiger partial charge in [0.15, 0.2) is 0 Å². The van der Waals surface area contributed by atoms with Gasteiger partial charge in [-0.3, -0.25) is 4.79 Å². The molecule has 1 aliphatic carbocycles. The molecule has 2 aliphatic rings. The molecule has 1 aromatic heterocycles. The van der Waals surface area contributed by atoms with E-state index < -0.39 is 0 Å². The summed E-state index contributed by atoms with van der Waals surface area (Å²) in [6, 6.07) is 2.07. The minimum Gasteiger partial charge on any atom is -0.383 e. The number of rotatable bonds is 3. The van der Waals surface area contributed by atoms with Crippen LogP contribution in [0.25, 0.3) is 0 Å². The predicted octanol–water partition coefficient (Wildman–Crippen LogP) is 3.88. The van der Waals surface area contributed by atoms with Gasteiger partial charge in [-0.2, -0.15) is 0 Å². The number of carbonyl (C=O) groups excluding carboxylic acids is 1. The highest BCUT2D eigenvalue weighted by molar-refractivity contribution is 6.03. The number of nitrogens with zero attached hydrogens (tertiary/aromatic N) is 2. The molecule has 1 spiro atoms. The van der Waals surface area contributed by atoms with Crippen molar-refractivity contribution < 1.29 is 4.79 Å². The highest BCUT2D eigenvalue weighted by Crippen LogP contribution is 2.47. The maximum atomic E-state index is 12.8. The fourth-order valence-electron chi connectivity index (χ4n) is 4.75. The zero-order valence-corrected chi connectivity index (χ0v) is 16.3. The molecule has 0 atom stereocenters. The van der Waals surface area contributed by atoms with Crippen LogP contribution in [0.4, 0.5) is 17.3 Å². The number of carbonyl (C=O) groups is 1. The summed E-state index contributed by atoms with van der Waals surface area (Å²) in [6.07, 6.45) is 7.90. The van der Waals surface area contributed by atoms with Crippen LogP contribution >= 0.6 is 0 Å². The standard InChI is InChI=1S/C21H27N5O/c1-4-14-15(25-19-13(3)18(22)23-11-24-19)10-12(2)16-17(14)21(26-20(16)27)8-6-5-7-9-21/h10-11H,4-9H2,1-3H3,(H,26,27)(H3,22,23,24,25). The van der Waals surface area contributed by atoms with E-state index in [0.717, 1.165) is 54.5 Å². The smallest absolute Gasteiger partial charge is 0.252 e. The van der Waals surface area contributed by atoms with Gasteiger partial charge in [-0.05, 0) is 55.9 Å². The van der Waals surface area contributed by atoms with Crippen molar-refractivity contribution >= 4 is 23.2 Å². The number of nitrogens with two attached hydrogens (primary N) is 1. The van der Waals surface area contributed by atoms with E-state index in [1.165, 1.54) is 23.9 Å². The Hall–Kier alpha value is -2.63. The Morgan fingerprint density at radius 2 is 1.96 bits per heavy atom. The topological polar surface area (TPSA) is 92.9 Å². The second-order valence-corrected chi connectivity index (χ2v) is 7.78. The Balaban J connectivity index is 1.88. The van der Waals surface area contributed by atoms with Gasteiger partial charge in [0, 0.05) is 16.8 Å². The molecule has 0 radical (unpaired) electrons. The number of amides is 1. The van der Waals surface area contributed by atoms with E-state index in [4.69, 9.17) is 5.73 Å². The van der Waals surface area contributed by atoms with Crippen LogP contribution in [0.15, 0.2) is 12.4 Å². The van der Waals surface area contributed by atoms with Crippen LogP contribution in [0.3, 0.4) is 0 Å². The van der Waals surface area contributed by atoms with Gasteiger partial charge in [0.1, 0.15) is 18.0 Å². The van der Waals surface area contributed by atoms with Crippen molar-refractivity contribution in [3.8, 4) is 0 Å². The molecule has 0 saturated heterocycles. The SMILES string of the molecule is CCc1c(Nc2ncnc(N)c2C)cc(C)c2c1C1(CCCCC1)NC2=O. The number of hydrogen-bond donors (Lipinski definition) is 3. The van der Waals surface area contributed by atoms with Crippen LogP contribution in [0.5, 0.6) is 0 Å². The van der Waals surface area contributed by atoms with Crippen LogP contribution in [0, 0.1) is 13.8 Å². The third-order valence-electron chi connectivity index (χ3n) is 6.13. The highest BCUT2D eigenvalue weighted by atomic mass is 16.2. The van der Waals surface area contributed by atoms with E-state index in [1.54, 1.807) is 0 Å². The molecule has 0 bridgehead atoms. The molecule has 2 aromatic rings. The minimum absolute atomic E-state index is 0.0770. The summed E-state index contributed by atoms with van der Waals surface area (Å²) in [6.45, 7) is 6.08. The molecule has 0 unspecified atom stereocenters. The van der Waals surface area contributed by atoms with Crippen molar-refractivity contribution in [1.29, 1.82) is 0 Å². The summed E-state index contributed by atoms with van der Waals surface area (Å²) in [4.78, 5) is 21.2. The Bertz CT molecular complexity index is 915. The first-order valence-corrected chi connectivity index (χ1v) is 9.80. The molecule has 1 aromatic carbocycles. The molecule has 2 heterocycles. The Kier molecular flexibility index (Phi) is 4.29. The van der Waals surface area contributed by atoms with Gasteiger partial charge in [-0.1, -0.05) is 26.2 Å². The quantitative estimate of drug-likeness (QED) is 0.767. The fourth-order valence-corrected chi connectivity index (χ4v) is 4.75. The molecule has 4 N–H and O–H groups in total.